The fourth-order valence-corrected chi connectivity index (χ4v) is 6.57. The molecule has 0 atom stereocenters. The summed E-state index contributed by atoms with van der Waals surface area (Å²) in [5.74, 6) is -0.985. The van der Waals surface area contributed by atoms with Crippen LogP contribution < -0.4 is 39.0 Å². The molecule has 6 rings (SSSR count). The van der Waals surface area contributed by atoms with Crippen molar-refractivity contribution in [3.63, 3.8) is 0 Å². The number of methoxy groups -OCH3 is 3. The number of benzene rings is 3. The third-order valence-electron chi connectivity index (χ3n) is 7.85. The highest BCUT2D eigenvalue weighted by atomic mass is 32.2. The predicted octanol–water partition coefficient (Wildman–Crippen LogP) is 3.27. The third kappa shape index (κ3) is 11.1. The van der Waals surface area contributed by atoms with Gasteiger partial charge in [0.15, 0.2) is 5.78 Å². The first kappa shape index (κ1) is 39.9. The van der Waals surface area contributed by atoms with Gasteiger partial charge in [-0.2, -0.15) is 18.4 Å². The Morgan fingerprint density at radius 1 is 0.691 bits per heavy atom. The van der Waals surface area contributed by atoms with Gasteiger partial charge in [-0.05, 0) is 74.2 Å². The van der Waals surface area contributed by atoms with E-state index in [1.165, 1.54) is 69.9 Å². The summed E-state index contributed by atoms with van der Waals surface area (Å²) < 4.78 is 70.4. The molecule has 2 aliphatic carbocycles. The Morgan fingerprint density at radius 2 is 1.29 bits per heavy atom. The summed E-state index contributed by atoms with van der Waals surface area (Å²) in [6.07, 6.45) is 3.50. The molecule has 18 nitrogen and oxygen atoms in total. The lowest BCUT2D eigenvalue weighted by atomic mass is 10.1. The molecule has 0 unspecified atom stereocenters. The summed E-state index contributed by atoms with van der Waals surface area (Å²) in [4.78, 5) is 56.3. The van der Waals surface area contributed by atoms with Gasteiger partial charge in [0.05, 0.1) is 43.5 Å². The molecule has 5 N–H and O–H groups in total. The van der Waals surface area contributed by atoms with E-state index in [4.69, 9.17) is 14.2 Å². The lowest BCUT2D eigenvalue weighted by molar-refractivity contribution is 0.0946. The maximum Gasteiger partial charge on any atom is 0.336 e. The summed E-state index contributed by atoms with van der Waals surface area (Å²) in [6, 6.07) is 18.4. The monoisotopic (exact) mass is 795 g/mol. The van der Waals surface area contributed by atoms with E-state index in [0.29, 0.717) is 5.56 Å². The normalized spacial score (nSPS) is 13.5. The maximum absolute atomic E-state index is 12.4. The Labute approximate surface area is 316 Å². The van der Waals surface area contributed by atoms with E-state index < -0.39 is 32.2 Å². The number of sulfonamides is 1. The number of ketones is 1. The molecule has 0 aliphatic heterocycles. The lowest BCUT2D eigenvalue weighted by Gasteiger charge is -2.13. The number of para-hydroxylation sites is 2. The van der Waals surface area contributed by atoms with Crippen LogP contribution in [0.3, 0.4) is 0 Å². The van der Waals surface area contributed by atoms with Gasteiger partial charge in [-0.25, -0.2) is 22.7 Å². The minimum Gasteiger partial charge on any atom is -0.496 e. The molecule has 0 saturated heterocycles. The summed E-state index contributed by atoms with van der Waals surface area (Å²) >= 11 is 0. The van der Waals surface area contributed by atoms with Crippen molar-refractivity contribution in [3.8, 4) is 17.5 Å². The predicted molar refractivity (Wildman–Crippen MR) is 198 cm³/mol. The van der Waals surface area contributed by atoms with Crippen LogP contribution in [0.1, 0.15) is 56.8 Å². The molecule has 3 aromatic carbocycles. The van der Waals surface area contributed by atoms with Crippen LogP contribution in [0.5, 0.6) is 17.5 Å². The average molecular weight is 796 g/mol. The molecule has 2 fully saturated rings. The SMILES string of the molecule is COc1cc(OC)nc(NC(=O)NS(=O)(=O)Nc2ccccc2C(=O)C2CC2)n1.COc1ccccc1C(=O)NS(=O)(=O)c1ccc(C(=O)NC2CC2)cc1. The van der Waals surface area contributed by atoms with Crippen molar-refractivity contribution < 1.29 is 50.2 Å². The molecular weight excluding hydrogens is 759 g/mol. The Kier molecular flexibility index (Phi) is 12.5. The number of rotatable bonds is 14. The van der Waals surface area contributed by atoms with E-state index in [9.17, 15) is 36.0 Å². The second kappa shape index (κ2) is 17.2. The van der Waals surface area contributed by atoms with Crippen LogP contribution in [0, 0.1) is 5.92 Å². The van der Waals surface area contributed by atoms with Gasteiger partial charge in [-0.1, -0.05) is 24.3 Å². The van der Waals surface area contributed by atoms with Crippen LogP contribution in [0.25, 0.3) is 0 Å². The number of nitrogens with one attached hydrogen (secondary N) is 5. The number of urea groups is 1. The molecule has 0 bridgehead atoms. The maximum atomic E-state index is 12.4. The molecule has 290 valence electrons. The second-order valence-corrected chi connectivity index (χ2v) is 15.1. The van der Waals surface area contributed by atoms with Gasteiger partial charge in [0.25, 0.3) is 21.8 Å². The van der Waals surface area contributed by atoms with Crippen LogP contribution >= 0.6 is 0 Å². The Hall–Kier alpha value is -6.28. The second-order valence-electron chi connectivity index (χ2n) is 12.0. The zero-order valence-electron chi connectivity index (χ0n) is 29.7. The zero-order chi connectivity index (χ0) is 39.8. The summed E-state index contributed by atoms with van der Waals surface area (Å²) in [6.45, 7) is 0. The molecular formula is C35H37N7O11S2. The highest BCUT2D eigenvalue weighted by Crippen LogP contribution is 2.34. The van der Waals surface area contributed by atoms with Gasteiger partial charge in [-0.15, -0.1) is 0 Å². The highest BCUT2D eigenvalue weighted by Gasteiger charge is 2.32. The van der Waals surface area contributed by atoms with Gasteiger partial charge >= 0.3 is 16.2 Å². The van der Waals surface area contributed by atoms with Gasteiger partial charge < -0.3 is 19.5 Å². The number of hydrogen-bond donors (Lipinski definition) is 5. The van der Waals surface area contributed by atoms with E-state index in [2.05, 4.69) is 25.3 Å². The first-order valence-corrected chi connectivity index (χ1v) is 19.5. The van der Waals surface area contributed by atoms with E-state index in [1.807, 2.05) is 4.72 Å². The lowest BCUT2D eigenvalue weighted by Crippen LogP contribution is -2.38. The fraction of sp³-hybridized carbons (Fsp3) is 0.257. The van der Waals surface area contributed by atoms with Crippen molar-refractivity contribution in [2.45, 2.75) is 36.6 Å². The van der Waals surface area contributed by atoms with Gasteiger partial charge in [0.1, 0.15) is 5.75 Å². The van der Waals surface area contributed by atoms with Crippen molar-refractivity contribution >= 4 is 55.5 Å². The number of carbonyl (C=O) groups is 4. The van der Waals surface area contributed by atoms with Gasteiger partial charge in [-0.3, -0.25) is 24.4 Å². The Morgan fingerprint density at radius 3 is 1.87 bits per heavy atom. The van der Waals surface area contributed by atoms with E-state index in [0.717, 1.165) is 25.7 Å². The quantitative estimate of drug-likeness (QED) is 0.115. The number of nitrogens with zero attached hydrogens (tertiary/aromatic N) is 2. The van der Waals surface area contributed by atoms with Crippen LogP contribution in [-0.4, -0.2) is 77.8 Å². The summed E-state index contributed by atoms with van der Waals surface area (Å²) in [5, 5.41) is 5.00. The Bertz CT molecular complexity index is 2280. The molecule has 2 aliphatic rings. The van der Waals surface area contributed by atoms with Crippen molar-refractivity contribution in [1.82, 2.24) is 24.7 Å². The van der Waals surface area contributed by atoms with Crippen LogP contribution in [0.4, 0.5) is 16.4 Å². The standard InChI is InChI=1S/C18H18N2O5S.C17H19N5O6S/c1-25-16-5-3-2-4-15(16)18(22)20-26(23,24)14-10-6-12(7-11-14)17(21)19-13-8-9-13;1-27-13-9-14(28-2)19-16(18-13)20-17(24)22-29(25,26)21-12-6-4-3-5-11(12)15(23)10-7-8-10/h2-7,10-11,13H,8-9H2,1H3,(H,19,21)(H,20,22);3-6,9-10,21H,7-8H2,1-2H3,(H2,18,19,20,22,24). The highest BCUT2D eigenvalue weighted by molar-refractivity contribution is 7.91. The van der Waals surface area contributed by atoms with Crippen LogP contribution in [-0.2, 0) is 20.2 Å². The molecule has 4 aromatic rings. The van der Waals surface area contributed by atoms with Crippen molar-refractivity contribution in [1.29, 1.82) is 0 Å². The largest absolute Gasteiger partial charge is 0.496 e. The summed E-state index contributed by atoms with van der Waals surface area (Å²) in [7, 11) is -4.28. The smallest absolute Gasteiger partial charge is 0.336 e. The molecule has 20 heteroatoms. The molecule has 0 radical (unpaired) electrons. The van der Waals surface area contributed by atoms with E-state index in [1.54, 1.807) is 35.1 Å². The first-order valence-electron chi connectivity index (χ1n) is 16.5. The average Bonchev–Trinajstić information content (AvgIpc) is 4.11. The van der Waals surface area contributed by atoms with Gasteiger partial charge in [0.2, 0.25) is 17.7 Å². The fourth-order valence-electron chi connectivity index (χ4n) is 4.79. The topological polar surface area (TPSA) is 250 Å². The number of carbonyl (C=O) groups excluding carboxylic acids is 4. The van der Waals surface area contributed by atoms with Crippen molar-refractivity contribution in [2.75, 3.05) is 31.4 Å². The number of Topliss-reactive ketones (excluding diaryl/α,β-unsaturated/α-hetero) is 1. The Balaban J connectivity index is 0.000000212. The van der Waals surface area contributed by atoms with E-state index >= 15 is 0 Å². The van der Waals surface area contributed by atoms with E-state index in [-0.39, 0.29) is 68.8 Å². The molecule has 1 heterocycles. The van der Waals surface area contributed by atoms with Crippen molar-refractivity contribution in [2.24, 2.45) is 5.92 Å². The number of amides is 4. The minimum atomic E-state index is -4.33. The zero-order valence-corrected chi connectivity index (χ0v) is 31.3. The number of ether oxygens (including phenoxy) is 3. The number of hydrogen-bond acceptors (Lipinski definition) is 13. The molecule has 55 heavy (non-hydrogen) atoms. The molecule has 1 aromatic heterocycles. The van der Waals surface area contributed by atoms with Gasteiger partial charge in [0, 0.05) is 23.1 Å². The third-order valence-corrected chi connectivity index (χ3v) is 10.1. The summed E-state index contributed by atoms with van der Waals surface area (Å²) in [5.41, 5.74) is 0.816. The molecule has 2 saturated carbocycles. The van der Waals surface area contributed by atoms with Crippen LogP contribution in [0.2, 0.25) is 0 Å². The minimum absolute atomic E-state index is 0.0860. The number of aromatic nitrogens is 2. The molecule has 0 spiro atoms. The number of anilines is 2. The van der Waals surface area contributed by atoms with Crippen molar-refractivity contribution in [3.05, 3.63) is 95.6 Å². The van der Waals surface area contributed by atoms with Crippen LogP contribution in [0.15, 0.2) is 83.8 Å². The molecule has 4 amide bonds. The first-order chi connectivity index (χ1) is 26.2.